The summed E-state index contributed by atoms with van der Waals surface area (Å²) in [5.41, 5.74) is 0. The van der Waals surface area contributed by atoms with Crippen molar-refractivity contribution in [3.05, 3.63) is 6.54 Å². The minimum absolute atomic E-state index is 0.0139. The van der Waals surface area contributed by atoms with Crippen LogP contribution in [0.15, 0.2) is 0 Å². The first kappa shape index (κ1) is 4.43. The molecule has 0 saturated carbocycles. The SMILES string of the molecule is CN1C[CH]NC1=O. The standard InChI is InChI=1S/C4H7N2O/c1-6-3-2-5-4(6)7/h2H,3H2,1H3,(H,5,7). The Morgan fingerprint density at radius 2 is 2.71 bits per heavy atom. The Labute approximate surface area is 42.3 Å². The Morgan fingerprint density at radius 1 is 2.00 bits per heavy atom. The van der Waals surface area contributed by atoms with E-state index in [9.17, 15) is 4.79 Å². The van der Waals surface area contributed by atoms with Crippen LogP contribution in [0.3, 0.4) is 0 Å². The predicted molar refractivity (Wildman–Crippen MR) is 25.5 cm³/mol. The van der Waals surface area contributed by atoms with Crippen LogP contribution in [0.4, 0.5) is 4.79 Å². The summed E-state index contributed by atoms with van der Waals surface area (Å²) in [6.45, 7) is 2.45. The van der Waals surface area contributed by atoms with Crippen LogP contribution in [0.25, 0.3) is 0 Å². The van der Waals surface area contributed by atoms with Crippen LogP contribution in [0.5, 0.6) is 0 Å². The van der Waals surface area contributed by atoms with Crippen LogP contribution < -0.4 is 5.32 Å². The molecule has 39 valence electrons. The molecule has 1 rings (SSSR count). The highest BCUT2D eigenvalue weighted by atomic mass is 16.2. The molecule has 1 N–H and O–H groups in total. The molecule has 2 amide bonds. The van der Waals surface area contributed by atoms with Gasteiger partial charge in [-0.1, -0.05) is 0 Å². The molecule has 0 bridgehead atoms. The third-order valence-corrected chi connectivity index (χ3v) is 0.937. The van der Waals surface area contributed by atoms with Gasteiger partial charge in [0.25, 0.3) is 0 Å². The summed E-state index contributed by atoms with van der Waals surface area (Å²) in [6.07, 6.45) is 0. The highest BCUT2D eigenvalue weighted by Gasteiger charge is 2.13. The zero-order valence-electron chi connectivity index (χ0n) is 4.14. The van der Waals surface area contributed by atoms with Gasteiger partial charge in [-0.15, -0.1) is 0 Å². The minimum Gasteiger partial charge on any atom is -0.331 e. The predicted octanol–water partition coefficient (Wildman–Crippen LogP) is -0.197. The van der Waals surface area contributed by atoms with Gasteiger partial charge in [0.05, 0.1) is 6.54 Å². The fourth-order valence-corrected chi connectivity index (χ4v) is 0.463. The maximum atomic E-state index is 10.4. The zero-order chi connectivity index (χ0) is 5.28. The second-order valence-corrected chi connectivity index (χ2v) is 1.53. The second kappa shape index (κ2) is 1.40. The molecule has 3 nitrogen and oxygen atoms in total. The minimum atomic E-state index is -0.0139. The molecular formula is C4H7N2O. The first-order chi connectivity index (χ1) is 3.30. The normalized spacial score (nSPS) is 20.1. The second-order valence-electron chi connectivity index (χ2n) is 1.53. The Hall–Kier alpha value is -0.730. The molecule has 1 heterocycles. The molecule has 0 aromatic heterocycles. The number of likely N-dealkylation sites (N-methyl/N-ethyl adjacent to an activating group) is 1. The number of nitrogens with zero attached hydrogens (tertiary/aromatic N) is 1. The highest BCUT2D eigenvalue weighted by Crippen LogP contribution is 1.92. The Balaban J connectivity index is 2.48. The molecule has 0 spiro atoms. The number of carbonyl (C=O) groups excluding carboxylic acids is 1. The number of hydrogen-bond donors (Lipinski definition) is 1. The number of nitrogens with one attached hydrogen (secondary N) is 1. The van der Waals surface area contributed by atoms with E-state index in [0.29, 0.717) is 0 Å². The summed E-state index contributed by atoms with van der Waals surface area (Å²) in [7, 11) is 1.75. The maximum Gasteiger partial charge on any atom is 0.317 e. The van der Waals surface area contributed by atoms with Gasteiger partial charge in [0.1, 0.15) is 0 Å². The van der Waals surface area contributed by atoms with E-state index in [1.54, 1.807) is 18.5 Å². The number of urea groups is 1. The van der Waals surface area contributed by atoms with Gasteiger partial charge >= 0.3 is 6.03 Å². The largest absolute Gasteiger partial charge is 0.331 e. The third kappa shape index (κ3) is 0.656. The lowest BCUT2D eigenvalue weighted by Crippen LogP contribution is -2.23. The molecule has 0 unspecified atom stereocenters. The number of hydrogen-bond acceptors (Lipinski definition) is 1. The zero-order valence-corrected chi connectivity index (χ0v) is 4.14. The molecule has 1 radical (unpaired) electrons. The van der Waals surface area contributed by atoms with Crippen molar-refractivity contribution in [3.8, 4) is 0 Å². The molecule has 0 atom stereocenters. The van der Waals surface area contributed by atoms with Gasteiger partial charge < -0.3 is 10.2 Å². The van der Waals surface area contributed by atoms with Crippen LogP contribution in [0.1, 0.15) is 0 Å². The van der Waals surface area contributed by atoms with E-state index < -0.39 is 0 Å². The smallest absolute Gasteiger partial charge is 0.317 e. The fraction of sp³-hybridized carbons (Fsp3) is 0.500. The molecule has 1 aliphatic heterocycles. The van der Waals surface area contributed by atoms with Crippen LogP contribution in [0.2, 0.25) is 0 Å². The average molecular weight is 99.1 g/mol. The molecule has 0 aromatic carbocycles. The molecular weight excluding hydrogens is 92.1 g/mol. The van der Waals surface area contributed by atoms with Crippen molar-refractivity contribution in [3.63, 3.8) is 0 Å². The number of rotatable bonds is 0. The summed E-state index contributed by atoms with van der Waals surface area (Å²) in [5.74, 6) is 0. The van der Waals surface area contributed by atoms with Crippen LogP contribution in [-0.2, 0) is 0 Å². The lowest BCUT2D eigenvalue weighted by Gasteiger charge is -2.01. The quantitative estimate of drug-likeness (QED) is 0.448. The third-order valence-electron chi connectivity index (χ3n) is 0.937. The summed E-state index contributed by atoms with van der Waals surface area (Å²) in [6, 6.07) is -0.0139. The first-order valence-electron chi connectivity index (χ1n) is 2.14. The molecule has 1 fully saturated rings. The van der Waals surface area contributed by atoms with E-state index >= 15 is 0 Å². The Morgan fingerprint density at radius 3 is 2.86 bits per heavy atom. The molecule has 0 aromatic rings. The van der Waals surface area contributed by atoms with Crippen LogP contribution in [0, 0.1) is 6.54 Å². The van der Waals surface area contributed by atoms with Crippen molar-refractivity contribution in [2.75, 3.05) is 13.6 Å². The van der Waals surface area contributed by atoms with Gasteiger partial charge in [-0.25, -0.2) is 4.79 Å². The van der Waals surface area contributed by atoms with E-state index in [1.807, 2.05) is 0 Å². The van der Waals surface area contributed by atoms with Crippen molar-refractivity contribution in [1.82, 2.24) is 10.2 Å². The average Bonchev–Trinajstić information content (AvgIpc) is 1.91. The maximum absolute atomic E-state index is 10.4. The van der Waals surface area contributed by atoms with E-state index in [2.05, 4.69) is 5.32 Å². The van der Waals surface area contributed by atoms with Gasteiger partial charge in [-0.05, 0) is 0 Å². The summed E-state index contributed by atoms with van der Waals surface area (Å²) >= 11 is 0. The van der Waals surface area contributed by atoms with Crippen LogP contribution >= 0.6 is 0 Å². The van der Waals surface area contributed by atoms with Gasteiger partial charge in [0.2, 0.25) is 0 Å². The lowest BCUT2D eigenvalue weighted by molar-refractivity contribution is 0.226. The van der Waals surface area contributed by atoms with Gasteiger partial charge in [-0.3, -0.25) is 0 Å². The fourth-order valence-electron chi connectivity index (χ4n) is 0.463. The molecule has 3 heteroatoms. The van der Waals surface area contributed by atoms with Crippen LogP contribution in [-0.4, -0.2) is 24.5 Å². The Bertz CT molecular complexity index is 91.7. The summed E-state index contributed by atoms with van der Waals surface area (Å²) < 4.78 is 0. The van der Waals surface area contributed by atoms with Crippen molar-refractivity contribution < 1.29 is 4.79 Å². The van der Waals surface area contributed by atoms with Crippen molar-refractivity contribution in [2.24, 2.45) is 0 Å². The molecule has 1 saturated heterocycles. The highest BCUT2D eigenvalue weighted by molar-refractivity contribution is 5.76. The van der Waals surface area contributed by atoms with Gasteiger partial charge in [0.15, 0.2) is 0 Å². The van der Waals surface area contributed by atoms with E-state index in [0.717, 1.165) is 6.54 Å². The molecule has 7 heavy (non-hydrogen) atoms. The van der Waals surface area contributed by atoms with E-state index in [4.69, 9.17) is 0 Å². The molecule has 0 aliphatic carbocycles. The van der Waals surface area contributed by atoms with E-state index in [-0.39, 0.29) is 6.03 Å². The number of carbonyl (C=O) groups is 1. The monoisotopic (exact) mass is 99.1 g/mol. The van der Waals surface area contributed by atoms with Crippen molar-refractivity contribution in [1.29, 1.82) is 0 Å². The molecule has 1 aliphatic rings. The van der Waals surface area contributed by atoms with Crippen molar-refractivity contribution in [2.45, 2.75) is 0 Å². The first-order valence-corrected chi connectivity index (χ1v) is 2.14. The van der Waals surface area contributed by atoms with E-state index in [1.165, 1.54) is 0 Å². The topological polar surface area (TPSA) is 32.3 Å². The van der Waals surface area contributed by atoms with Gasteiger partial charge in [-0.2, -0.15) is 0 Å². The lowest BCUT2D eigenvalue weighted by atomic mass is 10.7. The summed E-state index contributed by atoms with van der Waals surface area (Å²) in [5, 5.41) is 2.53. The Kier molecular flexibility index (Phi) is 0.889. The number of amides is 2. The summed E-state index contributed by atoms with van der Waals surface area (Å²) in [4.78, 5) is 12.0. The van der Waals surface area contributed by atoms with Crippen molar-refractivity contribution >= 4 is 6.03 Å². The van der Waals surface area contributed by atoms with Gasteiger partial charge in [0, 0.05) is 13.6 Å².